The molecule has 0 radical (unpaired) electrons. The molecule has 2 atom stereocenters. The minimum Gasteiger partial charge on any atom is -0.375 e. The SMILES string of the molecule is CCc1cccc(C)c1-n1c(C)cc([C@@H]2[C@H](c3ccccn3)NC(=S)N2c2ccc(NC(=O)COC)cc2)c1C. The fraction of sp³-hybridized carbons (Fsp3) is 0.281. The van der Waals surface area contributed by atoms with Crippen LogP contribution >= 0.6 is 12.2 Å². The summed E-state index contributed by atoms with van der Waals surface area (Å²) >= 11 is 5.94. The molecule has 5 rings (SSSR count). The van der Waals surface area contributed by atoms with E-state index in [1.54, 1.807) is 0 Å². The van der Waals surface area contributed by atoms with E-state index in [0.29, 0.717) is 10.8 Å². The van der Waals surface area contributed by atoms with Crippen LogP contribution in [0.25, 0.3) is 5.69 Å². The number of methoxy groups -OCH3 is 1. The number of carbonyl (C=O) groups is 1. The molecule has 1 amide bonds. The maximum atomic E-state index is 12.0. The number of amides is 1. The second-order valence-electron chi connectivity index (χ2n) is 10.1. The number of benzene rings is 2. The first-order chi connectivity index (χ1) is 19.3. The van der Waals surface area contributed by atoms with Crippen LogP contribution in [0.4, 0.5) is 11.4 Å². The molecule has 206 valence electrons. The van der Waals surface area contributed by atoms with Crippen molar-refractivity contribution in [1.29, 1.82) is 0 Å². The molecule has 8 heteroatoms. The zero-order chi connectivity index (χ0) is 28.4. The molecule has 1 saturated heterocycles. The summed E-state index contributed by atoms with van der Waals surface area (Å²) in [5.74, 6) is -0.197. The first kappa shape index (κ1) is 27.6. The van der Waals surface area contributed by atoms with Crippen molar-refractivity contribution in [3.05, 3.63) is 107 Å². The van der Waals surface area contributed by atoms with Crippen molar-refractivity contribution in [2.75, 3.05) is 23.9 Å². The number of hydrogen-bond acceptors (Lipinski definition) is 4. The van der Waals surface area contributed by atoms with Gasteiger partial charge < -0.3 is 24.8 Å². The van der Waals surface area contributed by atoms with Crippen molar-refractivity contribution in [3.63, 3.8) is 0 Å². The minimum atomic E-state index is -0.197. The van der Waals surface area contributed by atoms with Gasteiger partial charge in [-0.2, -0.15) is 0 Å². The Morgan fingerprint density at radius 3 is 2.52 bits per heavy atom. The third-order valence-corrected chi connectivity index (χ3v) is 7.83. The molecular formula is C32H35N5O2S. The molecule has 40 heavy (non-hydrogen) atoms. The third-order valence-electron chi connectivity index (χ3n) is 7.52. The highest BCUT2D eigenvalue weighted by Crippen LogP contribution is 2.44. The molecule has 2 aromatic heterocycles. The van der Waals surface area contributed by atoms with Gasteiger partial charge in [0, 0.05) is 36.1 Å². The van der Waals surface area contributed by atoms with Gasteiger partial charge in [0.2, 0.25) is 5.91 Å². The fourth-order valence-electron chi connectivity index (χ4n) is 5.74. The quantitative estimate of drug-likeness (QED) is 0.256. The molecular weight excluding hydrogens is 518 g/mol. The number of para-hydroxylation sites is 1. The summed E-state index contributed by atoms with van der Waals surface area (Å²) in [5, 5.41) is 7.05. The number of rotatable bonds is 8. The highest BCUT2D eigenvalue weighted by molar-refractivity contribution is 7.80. The molecule has 0 unspecified atom stereocenters. The van der Waals surface area contributed by atoms with Crippen LogP contribution in [0.15, 0.2) is 72.9 Å². The molecule has 1 fully saturated rings. The average molecular weight is 554 g/mol. The monoisotopic (exact) mass is 553 g/mol. The van der Waals surface area contributed by atoms with Gasteiger partial charge >= 0.3 is 0 Å². The summed E-state index contributed by atoms with van der Waals surface area (Å²) in [6, 6.07) is 22.2. The summed E-state index contributed by atoms with van der Waals surface area (Å²) in [6.07, 6.45) is 2.77. The van der Waals surface area contributed by atoms with Gasteiger partial charge in [0.25, 0.3) is 0 Å². The van der Waals surface area contributed by atoms with Crippen molar-refractivity contribution < 1.29 is 9.53 Å². The number of hydrogen-bond donors (Lipinski definition) is 2. The van der Waals surface area contributed by atoms with Crippen LogP contribution in [0.3, 0.4) is 0 Å². The molecule has 7 nitrogen and oxygen atoms in total. The fourth-order valence-corrected chi connectivity index (χ4v) is 6.08. The number of pyridine rings is 1. The van der Waals surface area contributed by atoms with Gasteiger partial charge in [-0.1, -0.05) is 31.2 Å². The van der Waals surface area contributed by atoms with Crippen molar-refractivity contribution in [1.82, 2.24) is 14.9 Å². The van der Waals surface area contributed by atoms with Crippen molar-refractivity contribution in [2.24, 2.45) is 0 Å². The van der Waals surface area contributed by atoms with E-state index >= 15 is 0 Å². The Balaban J connectivity index is 1.62. The summed E-state index contributed by atoms with van der Waals surface area (Å²) in [4.78, 5) is 18.9. The molecule has 0 aliphatic carbocycles. The summed E-state index contributed by atoms with van der Waals surface area (Å²) in [5.41, 5.74) is 9.90. The van der Waals surface area contributed by atoms with E-state index in [1.165, 1.54) is 40.9 Å². The number of ether oxygens (including phenoxy) is 1. The van der Waals surface area contributed by atoms with E-state index in [9.17, 15) is 4.79 Å². The van der Waals surface area contributed by atoms with Crippen molar-refractivity contribution >= 4 is 34.6 Å². The topological polar surface area (TPSA) is 71.4 Å². The van der Waals surface area contributed by atoms with Gasteiger partial charge in [0.15, 0.2) is 5.11 Å². The van der Waals surface area contributed by atoms with E-state index in [-0.39, 0.29) is 24.6 Å². The van der Waals surface area contributed by atoms with E-state index in [1.807, 2.05) is 48.7 Å². The molecule has 4 aromatic rings. The zero-order valence-corrected chi connectivity index (χ0v) is 24.4. The molecule has 3 heterocycles. The van der Waals surface area contributed by atoms with Crippen molar-refractivity contribution in [3.8, 4) is 5.69 Å². The van der Waals surface area contributed by atoms with E-state index in [4.69, 9.17) is 21.9 Å². The van der Waals surface area contributed by atoms with Gasteiger partial charge in [0.1, 0.15) is 6.61 Å². The zero-order valence-electron chi connectivity index (χ0n) is 23.6. The minimum absolute atomic E-state index is 0.00592. The van der Waals surface area contributed by atoms with Crippen molar-refractivity contribution in [2.45, 2.75) is 46.2 Å². The predicted molar refractivity (Wildman–Crippen MR) is 164 cm³/mol. The summed E-state index contributed by atoms with van der Waals surface area (Å²) in [7, 11) is 1.50. The average Bonchev–Trinajstić information content (AvgIpc) is 3.44. The second-order valence-corrected chi connectivity index (χ2v) is 10.5. The van der Waals surface area contributed by atoms with Crippen LogP contribution in [0.1, 0.15) is 52.8 Å². The lowest BCUT2D eigenvalue weighted by Crippen LogP contribution is -2.29. The van der Waals surface area contributed by atoms with Crippen LogP contribution in [-0.2, 0) is 16.0 Å². The third kappa shape index (κ3) is 5.12. The van der Waals surface area contributed by atoms with Gasteiger partial charge in [-0.25, -0.2) is 0 Å². The summed E-state index contributed by atoms with van der Waals surface area (Å²) in [6.45, 7) is 8.74. The molecule has 2 N–H and O–H groups in total. The normalized spacial score (nSPS) is 16.7. The lowest BCUT2D eigenvalue weighted by Gasteiger charge is -2.28. The Morgan fingerprint density at radius 1 is 1.07 bits per heavy atom. The van der Waals surface area contributed by atoms with Crippen LogP contribution in [0, 0.1) is 20.8 Å². The highest BCUT2D eigenvalue weighted by Gasteiger charge is 2.42. The number of aromatic nitrogens is 2. The number of anilines is 2. The van der Waals surface area contributed by atoms with E-state index < -0.39 is 0 Å². The van der Waals surface area contributed by atoms with E-state index in [0.717, 1.165) is 17.8 Å². The predicted octanol–water partition coefficient (Wildman–Crippen LogP) is 6.12. The number of aryl methyl sites for hydroxylation is 3. The maximum Gasteiger partial charge on any atom is 0.250 e. The lowest BCUT2D eigenvalue weighted by molar-refractivity contribution is -0.119. The number of carbonyl (C=O) groups excluding carboxylic acids is 1. The largest absolute Gasteiger partial charge is 0.375 e. The Morgan fingerprint density at radius 2 is 1.85 bits per heavy atom. The molecule has 1 aliphatic heterocycles. The van der Waals surface area contributed by atoms with E-state index in [2.05, 4.69) is 72.1 Å². The van der Waals surface area contributed by atoms with Crippen LogP contribution in [0.2, 0.25) is 0 Å². The molecule has 0 spiro atoms. The van der Waals surface area contributed by atoms with Gasteiger partial charge in [-0.15, -0.1) is 0 Å². The Kier molecular flexibility index (Phi) is 8.00. The first-order valence-electron chi connectivity index (χ1n) is 13.5. The Bertz CT molecular complexity index is 1530. The number of thiocarbonyl (C=S) groups is 1. The van der Waals surface area contributed by atoms with Gasteiger partial charge in [-0.05, 0) is 98.6 Å². The number of nitrogens with zero attached hydrogens (tertiary/aromatic N) is 3. The van der Waals surface area contributed by atoms with Crippen LogP contribution in [0.5, 0.6) is 0 Å². The summed E-state index contributed by atoms with van der Waals surface area (Å²) < 4.78 is 7.32. The number of nitrogens with one attached hydrogen (secondary N) is 2. The highest BCUT2D eigenvalue weighted by atomic mass is 32.1. The lowest BCUT2D eigenvalue weighted by atomic mass is 9.96. The maximum absolute atomic E-state index is 12.0. The Labute approximate surface area is 241 Å². The molecule has 0 saturated carbocycles. The molecule has 2 aromatic carbocycles. The Hall–Kier alpha value is -4.01. The van der Waals surface area contributed by atoms with Gasteiger partial charge in [0.05, 0.1) is 23.5 Å². The molecule has 0 bridgehead atoms. The van der Waals surface area contributed by atoms with Crippen LogP contribution in [-0.4, -0.2) is 34.3 Å². The first-order valence-corrected chi connectivity index (χ1v) is 13.9. The standard InChI is InChI=1S/C32H35N5O2S/c1-6-23-11-9-10-20(2)30(23)36-21(3)18-26(22(36)4)31-29(27-12-7-8-17-33-27)35-32(40)37(31)25-15-13-24(14-16-25)34-28(38)19-39-5/h7-18,29,31H,6,19H2,1-5H3,(H,34,38)(H,35,40)/t29-,31+/m0/s1. The smallest absolute Gasteiger partial charge is 0.250 e. The second kappa shape index (κ2) is 11.6. The molecule has 1 aliphatic rings. The van der Waals surface area contributed by atoms with Gasteiger partial charge in [-0.3, -0.25) is 9.78 Å². The van der Waals surface area contributed by atoms with Crippen LogP contribution < -0.4 is 15.5 Å².